The Morgan fingerprint density at radius 3 is 1.73 bits per heavy atom. The van der Waals surface area contributed by atoms with Gasteiger partial charge in [0.25, 0.3) is 0 Å². The van der Waals surface area contributed by atoms with Crippen LogP contribution in [-0.2, 0) is 23.9 Å². The highest BCUT2D eigenvalue weighted by atomic mass is 16.5. The minimum atomic E-state index is -0.364. The average molecular weight is 312 g/mol. The molecule has 2 heterocycles. The summed E-state index contributed by atoms with van der Waals surface area (Å²) in [6, 6.07) is -0.507. The molecule has 2 aliphatic rings. The lowest BCUT2D eigenvalue weighted by molar-refractivity contribution is -0.142. The van der Waals surface area contributed by atoms with Gasteiger partial charge in [0.15, 0.2) is 0 Å². The fourth-order valence-electron chi connectivity index (χ4n) is 2.81. The molecule has 9 nitrogen and oxygen atoms in total. The molecule has 0 radical (unpaired) electrons. The van der Waals surface area contributed by atoms with E-state index in [0.29, 0.717) is 0 Å². The zero-order valence-electron chi connectivity index (χ0n) is 12.6. The number of ether oxygens (including phenoxy) is 1. The van der Waals surface area contributed by atoms with Gasteiger partial charge in [-0.05, 0) is 6.92 Å². The Hall–Kier alpha value is -1.84. The van der Waals surface area contributed by atoms with Gasteiger partial charge in [0, 0.05) is 19.2 Å². The van der Waals surface area contributed by atoms with Gasteiger partial charge in [0.2, 0.25) is 23.6 Å². The van der Waals surface area contributed by atoms with Gasteiger partial charge < -0.3 is 4.74 Å². The number of hydrogen-bond acceptors (Lipinski definition) is 7. The molecule has 2 unspecified atom stereocenters. The van der Waals surface area contributed by atoms with Gasteiger partial charge in [0.05, 0.1) is 32.8 Å². The standard InChI is InChI=1S/C13H20N4O5/c1-8(16-3-10(18)14-11(19)4-16)9(7-22-2)17-5-12(20)15-13(21)6-17/h8-9H,3-7H2,1-2H3,(H,14,18,19)(H,15,20,21). The number of amides is 4. The van der Waals surface area contributed by atoms with E-state index >= 15 is 0 Å². The van der Waals surface area contributed by atoms with Crippen molar-refractivity contribution in [2.75, 3.05) is 39.9 Å². The summed E-state index contributed by atoms with van der Waals surface area (Å²) in [5.74, 6) is -1.44. The molecule has 0 bridgehead atoms. The molecule has 22 heavy (non-hydrogen) atoms. The molecule has 2 rings (SSSR count). The van der Waals surface area contributed by atoms with E-state index in [2.05, 4.69) is 10.6 Å². The van der Waals surface area contributed by atoms with Gasteiger partial charge in [-0.2, -0.15) is 0 Å². The second-order valence-corrected chi connectivity index (χ2v) is 5.52. The maximum absolute atomic E-state index is 11.5. The summed E-state index contributed by atoms with van der Waals surface area (Å²) in [7, 11) is 1.53. The average Bonchev–Trinajstić information content (AvgIpc) is 2.41. The lowest BCUT2D eigenvalue weighted by Crippen LogP contribution is -2.63. The topological polar surface area (TPSA) is 108 Å². The van der Waals surface area contributed by atoms with Gasteiger partial charge in [0.1, 0.15) is 0 Å². The molecule has 4 amide bonds. The van der Waals surface area contributed by atoms with Crippen LogP contribution in [0.25, 0.3) is 0 Å². The molecule has 9 heteroatoms. The molecule has 122 valence electrons. The Labute approximate surface area is 127 Å². The summed E-state index contributed by atoms with van der Waals surface area (Å²) in [5, 5.41) is 4.49. The molecular weight excluding hydrogens is 292 g/mol. The second-order valence-electron chi connectivity index (χ2n) is 5.52. The fourth-order valence-corrected chi connectivity index (χ4v) is 2.81. The monoisotopic (exact) mass is 312 g/mol. The van der Waals surface area contributed by atoms with Crippen molar-refractivity contribution in [3.05, 3.63) is 0 Å². The molecular formula is C13H20N4O5. The minimum absolute atomic E-state index is 0.0814. The SMILES string of the molecule is COCC(C(C)N1CC(=O)NC(=O)C1)N1CC(=O)NC(=O)C1. The van der Waals surface area contributed by atoms with Gasteiger partial charge in [-0.25, -0.2) is 0 Å². The predicted octanol–water partition coefficient (Wildman–Crippen LogP) is -2.69. The van der Waals surface area contributed by atoms with E-state index in [0.717, 1.165) is 0 Å². The number of nitrogens with zero attached hydrogens (tertiary/aromatic N) is 2. The molecule has 0 aromatic heterocycles. The normalized spacial score (nSPS) is 23.9. The molecule has 2 N–H and O–H groups in total. The van der Waals surface area contributed by atoms with Crippen LogP contribution in [0.15, 0.2) is 0 Å². The molecule has 0 saturated carbocycles. The van der Waals surface area contributed by atoms with Crippen LogP contribution in [0.3, 0.4) is 0 Å². The first kappa shape index (κ1) is 16.5. The summed E-state index contributed by atoms with van der Waals surface area (Å²) in [5.41, 5.74) is 0. The summed E-state index contributed by atoms with van der Waals surface area (Å²) < 4.78 is 5.20. The third-order valence-electron chi connectivity index (χ3n) is 3.88. The van der Waals surface area contributed by atoms with Crippen LogP contribution in [0, 0.1) is 0 Å². The number of piperazine rings is 2. The van der Waals surface area contributed by atoms with Gasteiger partial charge >= 0.3 is 0 Å². The minimum Gasteiger partial charge on any atom is -0.383 e. The van der Waals surface area contributed by atoms with Crippen molar-refractivity contribution >= 4 is 23.6 Å². The van der Waals surface area contributed by atoms with E-state index < -0.39 is 0 Å². The number of imide groups is 2. The van der Waals surface area contributed by atoms with E-state index in [1.807, 2.05) is 6.92 Å². The van der Waals surface area contributed by atoms with E-state index in [9.17, 15) is 19.2 Å². The highest BCUT2D eigenvalue weighted by molar-refractivity contribution is 6.00. The van der Waals surface area contributed by atoms with Crippen molar-refractivity contribution in [2.24, 2.45) is 0 Å². The van der Waals surface area contributed by atoms with Crippen LogP contribution in [-0.4, -0.2) is 85.4 Å². The highest BCUT2D eigenvalue weighted by Gasteiger charge is 2.36. The van der Waals surface area contributed by atoms with Gasteiger partial charge in [-0.3, -0.25) is 39.6 Å². The predicted molar refractivity (Wildman–Crippen MR) is 74.6 cm³/mol. The summed E-state index contributed by atoms with van der Waals surface area (Å²) in [4.78, 5) is 49.6. The second kappa shape index (κ2) is 6.95. The van der Waals surface area contributed by atoms with Crippen LogP contribution in [0.2, 0.25) is 0 Å². The Morgan fingerprint density at radius 2 is 1.32 bits per heavy atom. The summed E-state index contributed by atoms with van der Waals surface area (Å²) in [6.07, 6.45) is 0. The molecule has 0 aromatic carbocycles. The van der Waals surface area contributed by atoms with Crippen LogP contribution in [0.5, 0.6) is 0 Å². The molecule has 2 atom stereocenters. The molecule has 2 saturated heterocycles. The Kier molecular flexibility index (Phi) is 5.22. The lowest BCUT2D eigenvalue weighted by Gasteiger charge is -2.41. The van der Waals surface area contributed by atoms with Crippen LogP contribution in [0.4, 0.5) is 0 Å². The number of carbonyl (C=O) groups is 4. The molecule has 2 aliphatic heterocycles. The van der Waals surface area contributed by atoms with E-state index in [1.54, 1.807) is 9.80 Å². The summed E-state index contributed by atoms with van der Waals surface area (Å²) >= 11 is 0. The first-order valence-corrected chi connectivity index (χ1v) is 7.03. The van der Waals surface area contributed by atoms with Crippen molar-refractivity contribution < 1.29 is 23.9 Å². The van der Waals surface area contributed by atoms with Gasteiger partial charge in [-0.1, -0.05) is 0 Å². The third kappa shape index (κ3) is 3.87. The lowest BCUT2D eigenvalue weighted by atomic mass is 10.0. The molecule has 2 fully saturated rings. The number of hydrogen-bond donors (Lipinski definition) is 2. The number of carbonyl (C=O) groups excluding carboxylic acids is 4. The Morgan fingerprint density at radius 1 is 0.909 bits per heavy atom. The first-order chi connectivity index (χ1) is 10.4. The van der Waals surface area contributed by atoms with Crippen LogP contribution >= 0.6 is 0 Å². The van der Waals surface area contributed by atoms with Crippen molar-refractivity contribution in [1.82, 2.24) is 20.4 Å². The Bertz CT molecular complexity index is 463. The number of nitrogens with one attached hydrogen (secondary N) is 2. The molecule has 0 aliphatic carbocycles. The zero-order valence-corrected chi connectivity index (χ0v) is 12.6. The van der Waals surface area contributed by atoms with Crippen molar-refractivity contribution in [3.8, 4) is 0 Å². The maximum atomic E-state index is 11.5. The quantitative estimate of drug-likeness (QED) is 0.532. The van der Waals surface area contributed by atoms with E-state index in [4.69, 9.17) is 4.74 Å². The largest absolute Gasteiger partial charge is 0.383 e. The van der Waals surface area contributed by atoms with E-state index in [-0.39, 0.29) is 68.5 Å². The third-order valence-corrected chi connectivity index (χ3v) is 3.88. The fraction of sp³-hybridized carbons (Fsp3) is 0.692. The van der Waals surface area contributed by atoms with E-state index in [1.165, 1.54) is 7.11 Å². The van der Waals surface area contributed by atoms with Gasteiger partial charge in [-0.15, -0.1) is 0 Å². The number of rotatable bonds is 5. The smallest absolute Gasteiger partial charge is 0.240 e. The van der Waals surface area contributed by atoms with Crippen molar-refractivity contribution in [2.45, 2.75) is 19.0 Å². The first-order valence-electron chi connectivity index (χ1n) is 7.03. The van der Waals surface area contributed by atoms with Crippen molar-refractivity contribution in [3.63, 3.8) is 0 Å². The maximum Gasteiger partial charge on any atom is 0.240 e. The summed E-state index contributed by atoms with van der Waals surface area (Å²) in [6.45, 7) is 2.50. The Balaban J connectivity index is 2.12. The zero-order chi connectivity index (χ0) is 16.3. The number of methoxy groups -OCH3 is 1. The molecule has 0 spiro atoms. The molecule has 0 aromatic rings. The van der Waals surface area contributed by atoms with Crippen LogP contribution < -0.4 is 10.6 Å². The highest BCUT2D eigenvalue weighted by Crippen LogP contribution is 2.14. The van der Waals surface area contributed by atoms with Crippen LogP contribution in [0.1, 0.15) is 6.92 Å². The van der Waals surface area contributed by atoms with Crippen molar-refractivity contribution in [1.29, 1.82) is 0 Å².